The monoisotopic (exact) mass is 298 g/mol. The Morgan fingerprint density at radius 3 is 2.80 bits per heavy atom. The van der Waals surface area contributed by atoms with E-state index >= 15 is 0 Å². The predicted octanol–water partition coefficient (Wildman–Crippen LogP) is 3.25. The molecule has 1 aromatic heterocycles. The molecular formula is C14H26N4OS. The van der Waals surface area contributed by atoms with E-state index in [0.717, 1.165) is 24.4 Å². The van der Waals surface area contributed by atoms with Crippen LogP contribution in [0.3, 0.4) is 0 Å². The molecule has 0 aliphatic heterocycles. The smallest absolute Gasteiger partial charge is 0.224 e. The zero-order valence-corrected chi connectivity index (χ0v) is 13.7. The largest absolute Gasteiger partial charge is 0.491 e. The minimum Gasteiger partial charge on any atom is -0.491 e. The summed E-state index contributed by atoms with van der Waals surface area (Å²) in [6.45, 7) is 2.22. The fourth-order valence-corrected chi connectivity index (χ4v) is 2.46. The van der Waals surface area contributed by atoms with Gasteiger partial charge in [0.1, 0.15) is 0 Å². The first-order valence-corrected chi connectivity index (χ1v) is 8.48. The van der Waals surface area contributed by atoms with Crippen molar-refractivity contribution >= 4 is 23.5 Å². The van der Waals surface area contributed by atoms with Crippen molar-refractivity contribution in [3.05, 3.63) is 6.20 Å². The Bertz CT molecular complexity index is 381. The number of rotatable bonds is 10. The highest BCUT2D eigenvalue weighted by molar-refractivity contribution is 7.98. The normalized spacial score (nSPS) is 12.0. The van der Waals surface area contributed by atoms with E-state index < -0.39 is 0 Å². The average molecular weight is 298 g/mol. The van der Waals surface area contributed by atoms with Gasteiger partial charge in [0.25, 0.3) is 0 Å². The molecule has 2 N–H and O–H groups in total. The lowest BCUT2D eigenvalue weighted by molar-refractivity contribution is 0.411. The SMILES string of the molecule is CCCC[C@@H](CCSC)Nc1nc(NC)ncc1OC. The molecule has 1 rings (SSSR count). The van der Waals surface area contributed by atoms with E-state index in [1.165, 1.54) is 12.8 Å². The van der Waals surface area contributed by atoms with E-state index in [9.17, 15) is 0 Å². The van der Waals surface area contributed by atoms with Crippen LogP contribution in [0.25, 0.3) is 0 Å². The molecule has 1 aromatic rings. The average Bonchev–Trinajstić information content (AvgIpc) is 2.49. The minimum atomic E-state index is 0.427. The molecule has 20 heavy (non-hydrogen) atoms. The van der Waals surface area contributed by atoms with Gasteiger partial charge in [0, 0.05) is 13.1 Å². The second-order valence-corrected chi connectivity index (χ2v) is 5.61. The number of methoxy groups -OCH3 is 1. The molecule has 0 bridgehead atoms. The van der Waals surface area contributed by atoms with Crippen molar-refractivity contribution in [1.82, 2.24) is 9.97 Å². The third-order valence-electron chi connectivity index (χ3n) is 3.12. The van der Waals surface area contributed by atoms with Crippen molar-refractivity contribution in [2.45, 2.75) is 38.6 Å². The Hall–Kier alpha value is -1.17. The van der Waals surface area contributed by atoms with Crippen LogP contribution in [0.2, 0.25) is 0 Å². The quantitative estimate of drug-likeness (QED) is 0.691. The van der Waals surface area contributed by atoms with E-state index in [4.69, 9.17) is 4.74 Å². The lowest BCUT2D eigenvalue weighted by atomic mass is 10.1. The first-order chi connectivity index (χ1) is 9.74. The highest BCUT2D eigenvalue weighted by Gasteiger charge is 2.13. The van der Waals surface area contributed by atoms with Gasteiger partial charge in [0.15, 0.2) is 11.6 Å². The Morgan fingerprint density at radius 1 is 1.40 bits per heavy atom. The number of aromatic nitrogens is 2. The second-order valence-electron chi connectivity index (χ2n) is 4.63. The molecule has 0 aliphatic rings. The van der Waals surface area contributed by atoms with Crippen molar-refractivity contribution in [3.8, 4) is 5.75 Å². The van der Waals surface area contributed by atoms with Gasteiger partial charge in [-0.1, -0.05) is 19.8 Å². The van der Waals surface area contributed by atoms with Gasteiger partial charge in [-0.15, -0.1) is 0 Å². The first-order valence-electron chi connectivity index (χ1n) is 7.09. The molecule has 5 nitrogen and oxygen atoms in total. The van der Waals surface area contributed by atoms with E-state index in [-0.39, 0.29) is 0 Å². The summed E-state index contributed by atoms with van der Waals surface area (Å²) in [7, 11) is 3.46. The zero-order valence-electron chi connectivity index (χ0n) is 12.9. The van der Waals surface area contributed by atoms with Crippen LogP contribution in [0.15, 0.2) is 6.20 Å². The standard InChI is InChI=1S/C14H26N4OS/c1-5-6-7-11(8-9-20-4)17-13-12(19-3)10-16-14(15-2)18-13/h10-11H,5-9H2,1-4H3,(H2,15,16,17,18)/t11-/m0/s1. The summed E-state index contributed by atoms with van der Waals surface area (Å²) in [5.41, 5.74) is 0. The highest BCUT2D eigenvalue weighted by Crippen LogP contribution is 2.24. The third kappa shape index (κ3) is 5.45. The lowest BCUT2D eigenvalue weighted by Crippen LogP contribution is -2.22. The Kier molecular flexibility index (Phi) is 8.18. The van der Waals surface area contributed by atoms with Crippen LogP contribution >= 0.6 is 11.8 Å². The molecule has 0 amide bonds. The second kappa shape index (κ2) is 9.69. The first kappa shape index (κ1) is 16.9. The molecule has 1 heterocycles. The predicted molar refractivity (Wildman–Crippen MR) is 88.1 cm³/mol. The fraction of sp³-hybridized carbons (Fsp3) is 0.714. The number of unbranched alkanes of at least 4 members (excludes halogenated alkanes) is 1. The summed E-state index contributed by atoms with van der Waals surface area (Å²) in [6.07, 6.45) is 8.55. The Labute approximate surface area is 126 Å². The number of hydrogen-bond donors (Lipinski definition) is 2. The zero-order chi connectivity index (χ0) is 14.8. The maximum Gasteiger partial charge on any atom is 0.224 e. The summed E-state index contributed by atoms with van der Waals surface area (Å²) in [5, 5.41) is 6.47. The maximum atomic E-state index is 5.33. The van der Waals surface area contributed by atoms with E-state index in [1.54, 1.807) is 13.3 Å². The van der Waals surface area contributed by atoms with Gasteiger partial charge in [0.2, 0.25) is 5.95 Å². The molecule has 0 fully saturated rings. The van der Waals surface area contributed by atoms with Gasteiger partial charge in [-0.25, -0.2) is 4.98 Å². The lowest BCUT2D eigenvalue weighted by Gasteiger charge is -2.20. The number of hydrogen-bond acceptors (Lipinski definition) is 6. The maximum absolute atomic E-state index is 5.33. The van der Waals surface area contributed by atoms with Gasteiger partial charge >= 0.3 is 0 Å². The van der Waals surface area contributed by atoms with Crippen molar-refractivity contribution in [1.29, 1.82) is 0 Å². The van der Waals surface area contributed by atoms with E-state index in [2.05, 4.69) is 33.8 Å². The summed E-state index contributed by atoms with van der Waals surface area (Å²) < 4.78 is 5.33. The van der Waals surface area contributed by atoms with Gasteiger partial charge < -0.3 is 15.4 Å². The molecule has 0 saturated heterocycles. The van der Waals surface area contributed by atoms with Crippen LogP contribution in [0, 0.1) is 0 Å². The molecule has 0 radical (unpaired) electrons. The molecular weight excluding hydrogens is 272 g/mol. The molecule has 0 spiro atoms. The van der Waals surface area contributed by atoms with Crippen molar-refractivity contribution in [2.24, 2.45) is 0 Å². The Morgan fingerprint density at radius 2 is 2.20 bits per heavy atom. The van der Waals surface area contributed by atoms with Crippen LogP contribution in [-0.4, -0.2) is 42.2 Å². The number of nitrogens with zero attached hydrogens (tertiary/aromatic N) is 2. The fourth-order valence-electron chi connectivity index (χ4n) is 1.94. The molecule has 0 aliphatic carbocycles. The van der Waals surface area contributed by atoms with Crippen LogP contribution in [-0.2, 0) is 0 Å². The van der Waals surface area contributed by atoms with Gasteiger partial charge in [-0.05, 0) is 24.9 Å². The molecule has 1 atom stereocenters. The summed E-state index contributed by atoms with van der Waals surface area (Å²) in [4.78, 5) is 8.62. The summed E-state index contributed by atoms with van der Waals surface area (Å²) >= 11 is 1.88. The highest BCUT2D eigenvalue weighted by atomic mass is 32.2. The van der Waals surface area contributed by atoms with E-state index in [1.807, 2.05) is 18.8 Å². The Balaban J connectivity index is 2.78. The number of ether oxygens (including phenoxy) is 1. The molecule has 0 unspecified atom stereocenters. The molecule has 0 saturated carbocycles. The van der Waals surface area contributed by atoms with Gasteiger partial charge in [-0.2, -0.15) is 16.7 Å². The topological polar surface area (TPSA) is 59.1 Å². The van der Waals surface area contributed by atoms with Gasteiger partial charge in [-0.3, -0.25) is 0 Å². The third-order valence-corrected chi connectivity index (χ3v) is 3.76. The number of nitrogens with one attached hydrogen (secondary N) is 2. The minimum absolute atomic E-state index is 0.427. The number of thioether (sulfide) groups is 1. The molecule has 114 valence electrons. The van der Waals surface area contributed by atoms with Crippen LogP contribution in [0.1, 0.15) is 32.6 Å². The van der Waals surface area contributed by atoms with Crippen LogP contribution < -0.4 is 15.4 Å². The van der Waals surface area contributed by atoms with Gasteiger partial charge in [0.05, 0.1) is 13.3 Å². The van der Waals surface area contributed by atoms with Crippen molar-refractivity contribution < 1.29 is 4.74 Å². The van der Waals surface area contributed by atoms with E-state index in [0.29, 0.717) is 17.7 Å². The van der Waals surface area contributed by atoms with Crippen molar-refractivity contribution in [2.75, 3.05) is 36.8 Å². The van der Waals surface area contributed by atoms with Crippen LogP contribution in [0.5, 0.6) is 5.75 Å². The summed E-state index contributed by atoms with van der Waals surface area (Å²) in [6, 6.07) is 0.427. The molecule has 0 aromatic carbocycles. The number of anilines is 2. The molecule has 6 heteroatoms. The van der Waals surface area contributed by atoms with Crippen LogP contribution in [0.4, 0.5) is 11.8 Å². The summed E-state index contributed by atoms with van der Waals surface area (Å²) in [5.74, 6) is 3.21. The van der Waals surface area contributed by atoms with Crippen molar-refractivity contribution in [3.63, 3.8) is 0 Å².